The van der Waals surface area contributed by atoms with Crippen LogP contribution in [-0.4, -0.2) is 35.9 Å². The molecule has 1 aromatic carbocycles. The van der Waals surface area contributed by atoms with Crippen LogP contribution in [0.5, 0.6) is 0 Å². The summed E-state index contributed by atoms with van der Waals surface area (Å²) >= 11 is 0. The molecule has 1 aliphatic heterocycles. The number of aryl methyl sites for hydroxylation is 2. The van der Waals surface area contributed by atoms with Crippen molar-refractivity contribution in [2.24, 2.45) is 0 Å². The minimum absolute atomic E-state index is 0. The van der Waals surface area contributed by atoms with Crippen molar-refractivity contribution in [3.05, 3.63) is 34.9 Å². The second-order valence-electron chi connectivity index (χ2n) is 8.48. The van der Waals surface area contributed by atoms with E-state index in [9.17, 15) is 4.79 Å². The predicted octanol–water partition coefficient (Wildman–Crippen LogP) is 5.77. The number of piperidine rings is 1. The largest absolute Gasteiger partial charge is 0.315 e. The van der Waals surface area contributed by atoms with Gasteiger partial charge in [-0.15, -0.1) is 0 Å². The van der Waals surface area contributed by atoms with E-state index in [2.05, 4.69) is 45.9 Å². The normalized spacial score (nSPS) is 17.2. The van der Waals surface area contributed by atoms with E-state index in [1.54, 1.807) is 0 Å². The van der Waals surface area contributed by atoms with Crippen LogP contribution in [0.2, 0.25) is 0 Å². The number of unbranched alkanes of at least 4 members (excludes halogenated alkanes) is 2. The Bertz CT molecular complexity index is 557. The van der Waals surface area contributed by atoms with Crippen molar-refractivity contribution in [3.8, 4) is 0 Å². The maximum Gasteiger partial charge on any atom is 0.194 e. The van der Waals surface area contributed by atoms with Crippen molar-refractivity contribution in [2.75, 3.05) is 19.6 Å². The second-order valence-corrected chi connectivity index (χ2v) is 8.48. The Balaban J connectivity index is 0.00000364. The van der Waals surface area contributed by atoms with Crippen molar-refractivity contribution in [1.82, 2.24) is 0 Å². The van der Waals surface area contributed by atoms with Crippen molar-refractivity contribution in [2.45, 2.75) is 91.5 Å². The molecule has 1 heterocycles. The van der Waals surface area contributed by atoms with Crippen molar-refractivity contribution in [1.29, 1.82) is 0 Å². The number of hydrogen-bond donors (Lipinski definition) is 0. The summed E-state index contributed by atoms with van der Waals surface area (Å²) in [6.07, 6.45) is 10.5. The average Bonchev–Trinajstić information content (AvgIpc) is 2.64. The van der Waals surface area contributed by atoms with Crippen LogP contribution in [0, 0.1) is 13.8 Å². The van der Waals surface area contributed by atoms with Crippen molar-refractivity contribution >= 4 is 5.78 Å². The van der Waals surface area contributed by atoms with Gasteiger partial charge in [-0.2, -0.15) is 0 Å². The first-order valence-electron chi connectivity index (χ1n) is 11.0. The van der Waals surface area contributed by atoms with Gasteiger partial charge in [-0.05, 0) is 62.6 Å². The summed E-state index contributed by atoms with van der Waals surface area (Å²) in [5, 5.41) is 0. The van der Waals surface area contributed by atoms with Crippen LogP contribution in [0.25, 0.3) is 0 Å². The van der Waals surface area contributed by atoms with Crippen LogP contribution in [0.15, 0.2) is 18.2 Å². The number of hydrogen-bond acceptors (Lipinski definition) is 1. The van der Waals surface area contributed by atoms with E-state index >= 15 is 0 Å². The Morgan fingerprint density at radius 1 is 1.00 bits per heavy atom. The van der Waals surface area contributed by atoms with E-state index in [0.717, 1.165) is 10.9 Å². The topological polar surface area (TPSA) is 17.1 Å². The van der Waals surface area contributed by atoms with Crippen LogP contribution in [0.3, 0.4) is 0 Å². The van der Waals surface area contributed by atoms with E-state index in [1.165, 1.54) is 81.3 Å². The van der Waals surface area contributed by atoms with E-state index in [0.29, 0.717) is 12.2 Å². The van der Waals surface area contributed by atoms with Crippen LogP contribution in [0.1, 0.15) is 81.9 Å². The smallest absolute Gasteiger partial charge is 0.194 e. The molecule has 0 unspecified atom stereocenters. The molecule has 0 aliphatic carbocycles. The number of benzene rings is 1. The number of quaternary nitrogens is 1. The molecule has 1 aromatic rings. The maximum atomic E-state index is 13.6. The van der Waals surface area contributed by atoms with Crippen LogP contribution < -0.4 is 0 Å². The van der Waals surface area contributed by atoms with Crippen LogP contribution in [0.4, 0.5) is 0 Å². The standard InChI is InChI=1S/C24H40NO.Y/c1-5-7-15-23(25(16-8-6-2)17-10-9-11-18-25)24(26)19-22-20(3)13-12-14-21(22)4;/h12-14,23H,5-11,15-19H2,1-4H3;/q+1;/t23-;/m0./s1. The third-order valence-corrected chi connectivity index (χ3v) is 6.52. The van der Waals surface area contributed by atoms with E-state index in [4.69, 9.17) is 0 Å². The minimum Gasteiger partial charge on any atom is -0.315 e. The molecule has 2 nitrogen and oxygen atoms in total. The van der Waals surface area contributed by atoms with Crippen molar-refractivity contribution in [3.63, 3.8) is 0 Å². The summed E-state index contributed by atoms with van der Waals surface area (Å²) in [7, 11) is 0. The zero-order valence-electron chi connectivity index (χ0n) is 18.2. The summed E-state index contributed by atoms with van der Waals surface area (Å²) in [6, 6.07) is 6.62. The molecular weight excluding hydrogens is 407 g/mol. The van der Waals surface area contributed by atoms with Gasteiger partial charge in [0.2, 0.25) is 0 Å². The Hall–Kier alpha value is -0.0461. The first-order valence-corrected chi connectivity index (χ1v) is 11.0. The van der Waals surface area contributed by atoms with Gasteiger partial charge in [0.15, 0.2) is 5.78 Å². The van der Waals surface area contributed by atoms with Gasteiger partial charge < -0.3 is 4.48 Å². The fourth-order valence-corrected chi connectivity index (χ4v) is 4.86. The molecule has 0 N–H and O–H groups in total. The molecule has 0 amide bonds. The molecule has 0 aromatic heterocycles. The molecule has 1 saturated heterocycles. The number of carbonyl (C=O) groups excluding carboxylic acids is 1. The second kappa shape index (κ2) is 12.5. The van der Waals surface area contributed by atoms with Crippen LogP contribution >= 0.6 is 0 Å². The molecule has 27 heavy (non-hydrogen) atoms. The molecule has 0 spiro atoms. The number of nitrogens with zero attached hydrogens (tertiary/aromatic N) is 1. The molecular formula is C24H40NOY+. The van der Waals surface area contributed by atoms with Gasteiger partial charge in [0.05, 0.1) is 19.6 Å². The summed E-state index contributed by atoms with van der Waals surface area (Å²) in [5.74, 6) is 0.494. The zero-order valence-corrected chi connectivity index (χ0v) is 21.1. The molecule has 0 saturated carbocycles. The molecule has 2 rings (SSSR count). The summed E-state index contributed by atoms with van der Waals surface area (Å²) in [6.45, 7) is 12.5. The Morgan fingerprint density at radius 3 is 2.15 bits per heavy atom. The monoisotopic (exact) mass is 447 g/mol. The maximum absolute atomic E-state index is 13.6. The number of carbonyl (C=O) groups is 1. The van der Waals surface area contributed by atoms with E-state index < -0.39 is 0 Å². The fourth-order valence-electron chi connectivity index (χ4n) is 4.86. The molecule has 1 atom stereocenters. The van der Waals surface area contributed by atoms with Gasteiger partial charge in [-0.25, -0.2) is 0 Å². The summed E-state index contributed by atoms with van der Waals surface area (Å²) in [5.41, 5.74) is 3.81. The third kappa shape index (κ3) is 6.75. The molecule has 3 heteroatoms. The number of Topliss-reactive ketones (excluding diaryl/α,β-unsaturated/α-hetero) is 1. The molecule has 1 fully saturated rings. The van der Waals surface area contributed by atoms with Gasteiger partial charge in [0.25, 0.3) is 0 Å². The van der Waals surface area contributed by atoms with Gasteiger partial charge in [-0.1, -0.05) is 44.9 Å². The van der Waals surface area contributed by atoms with Gasteiger partial charge in [0.1, 0.15) is 6.04 Å². The van der Waals surface area contributed by atoms with Crippen LogP contribution in [-0.2, 0) is 43.9 Å². The first-order chi connectivity index (χ1) is 12.5. The van der Waals surface area contributed by atoms with Crippen molar-refractivity contribution < 1.29 is 42.0 Å². The third-order valence-electron chi connectivity index (χ3n) is 6.52. The summed E-state index contributed by atoms with van der Waals surface area (Å²) in [4.78, 5) is 13.6. The van der Waals surface area contributed by atoms with Gasteiger partial charge in [-0.3, -0.25) is 4.79 Å². The first kappa shape index (κ1) is 25.0. The zero-order chi connectivity index (χ0) is 19.0. The SMILES string of the molecule is CCCC[C@@H](C(=O)Cc1c(C)cccc1C)[N+]1(CCCC)CCCCC1.[Y]. The van der Waals surface area contributed by atoms with Gasteiger partial charge >= 0.3 is 0 Å². The van der Waals surface area contributed by atoms with Gasteiger partial charge in [0, 0.05) is 45.6 Å². The molecule has 1 radical (unpaired) electrons. The number of rotatable bonds is 10. The Morgan fingerprint density at radius 2 is 1.59 bits per heavy atom. The van der Waals surface area contributed by atoms with E-state index in [1.807, 2.05) is 0 Å². The van der Waals surface area contributed by atoms with E-state index in [-0.39, 0.29) is 38.8 Å². The summed E-state index contributed by atoms with van der Waals surface area (Å²) < 4.78 is 1.08. The number of ketones is 1. The average molecular weight is 447 g/mol. The molecule has 149 valence electrons. The quantitative estimate of drug-likeness (QED) is 0.416. The molecule has 1 aliphatic rings. The minimum atomic E-state index is 0. The Kier molecular flexibility index (Phi) is 11.6. The fraction of sp³-hybridized carbons (Fsp3) is 0.708. The Labute approximate surface area is 193 Å². The predicted molar refractivity (Wildman–Crippen MR) is 112 cm³/mol. The molecule has 0 bridgehead atoms. The number of likely N-dealkylation sites (tertiary alicyclic amines) is 1.